The van der Waals surface area contributed by atoms with Gasteiger partial charge in [0.1, 0.15) is 5.78 Å². The van der Waals surface area contributed by atoms with E-state index < -0.39 is 0 Å². The molecule has 1 aliphatic carbocycles. The Morgan fingerprint density at radius 1 is 1.33 bits per heavy atom. The molecule has 0 spiro atoms. The van der Waals surface area contributed by atoms with Crippen LogP contribution in [-0.4, -0.2) is 18.5 Å². The Kier molecular flexibility index (Phi) is 5.92. The van der Waals surface area contributed by atoms with Gasteiger partial charge in [0.15, 0.2) is 0 Å². The molecule has 1 rings (SSSR count). The molecule has 0 aromatic rings. The highest BCUT2D eigenvalue weighted by molar-refractivity contribution is 5.77. The van der Waals surface area contributed by atoms with Crippen LogP contribution in [-0.2, 0) is 9.53 Å². The summed E-state index contributed by atoms with van der Waals surface area (Å²) < 4.78 is 5.84. The average molecular weight is 212 g/mol. The van der Waals surface area contributed by atoms with Gasteiger partial charge in [-0.3, -0.25) is 4.79 Å². The molecule has 2 heteroatoms. The van der Waals surface area contributed by atoms with Crippen LogP contribution in [0.5, 0.6) is 0 Å². The zero-order valence-corrected chi connectivity index (χ0v) is 10.1. The van der Waals surface area contributed by atoms with Crippen molar-refractivity contribution in [3.63, 3.8) is 0 Å². The van der Waals surface area contributed by atoms with Crippen molar-refractivity contribution >= 4 is 5.78 Å². The molecule has 88 valence electrons. The fourth-order valence-electron chi connectivity index (χ4n) is 2.21. The minimum Gasteiger partial charge on any atom is -0.378 e. The largest absolute Gasteiger partial charge is 0.378 e. The number of hydrogen-bond donors (Lipinski definition) is 0. The number of carbonyl (C=O) groups is 1. The molecule has 1 aliphatic rings. The smallest absolute Gasteiger partial charge is 0.132 e. The van der Waals surface area contributed by atoms with Crippen LogP contribution in [0, 0.1) is 5.92 Å². The van der Waals surface area contributed by atoms with Crippen LogP contribution in [0.3, 0.4) is 0 Å². The van der Waals surface area contributed by atoms with E-state index in [-0.39, 0.29) is 0 Å². The van der Waals surface area contributed by atoms with Crippen molar-refractivity contribution in [3.8, 4) is 0 Å². The summed E-state index contributed by atoms with van der Waals surface area (Å²) >= 11 is 0. The second kappa shape index (κ2) is 7.00. The van der Waals surface area contributed by atoms with E-state index in [4.69, 9.17) is 4.74 Å². The van der Waals surface area contributed by atoms with Gasteiger partial charge in [-0.15, -0.1) is 0 Å². The minimum atomic E-state index is 0.357. The Balaban J connectivity index is 2.06. The average Bonchev–Trinajstić information content (AvgIpc) is 2.26. The second-order valence-electron chi connectivity index (χ2n) is 4.67. The van der Waals surface area contributed by atoms with Gasteiger partial charge in [-0.1, -0.05) is 26.7 Å². The highest BCUT2D eigenvalue weighted by atomic mass is 16.5. The molecule has 0 aromatic heterocycles. The Hall–Kier alpha value is -0.370. The van der Waals surface area contributed by atoms with Gasteiger partial charge in [-0.25, -0.2) is 0 Å². The molecule has 15 heavy (non-hydrogen) atoms. The Labute approximate surface area is 93.4 Å². The number of ketones is 1. The first kappa shape index (κ1) is 12.7. The second-order valence-corrected chi connectivity index (χ2v) is 4.67. The van der Waals surface area contributed by atoms with E-state index in [0.29, 0.717) is 30.6 Å². The maximum absolute atomic E-state index is 11.1. The molecule has 2 nitrogen and oxygen atoms in total. The number of rotatable bonds is 6. The molecule has 0 saturated heterocycles. The molecule has 0 radical (unpaired) electrons. The normalized spacial score (nSPS) is 26.5. The summed E-state index contributed by atoms with van der Waals surface area (Å²) in [5.41, 5.74) is 0. The molecule has 2 unspecified atom stereocenters. The maximum atomic E-state index is 11.1. The summed E-state index contributed by atoms with van der Waals surface area (Å²) in [7, 11) is 0. The molecule has 0 heterocycles. The van der Waals surface area contributed by atoms with Gasteiger partial charge in [0, 0.05) is 19.4 Å². The highest BCUT2D eigenvalue weighted by Gasteiger charge is 2.21. The van der Waals surface area contributed by atoms with Crippen LogP contribution in [0.15, 0.2) is 0 Å². The van der Waals surface area contributed by atoms with E-state index >= 15 is 0 Å². The molecule has 0 aliphatic heterocycles. The van der Waals surface area contributed by atoms with E-state index in [9.17, 15) is 4.79 Å². The first-order valence-electron chi connectivity index (χ1n) is 6.37. The topological polar surface area (TPSA) is 26.3 Å². The third-order valence-electron chi connectivity index (χ3n) is 3.36. The fraction of sp³-hybridized carbons (Fsp3) is 0.923. The van der Waals surface area contributed by atoms with Crippen LogP contribution >= 0.6 is 0 Å². The summed E-state index contributed by atoms with van der Waals surface area (Å²) in [6.07, 6.45) is 7.89. The molecule has 0 N–H and O–H groups in total. The summed E-state index contributed by atoms with van der Waals surface area (Å²) in [6.45, 7) is 4.97. The van der Waals surface area contributed by atoms with E-state index in [1.807, 2.05) is 6.92 Å². The van der Waals surface area contributed by atoms with Gasteiger partial charge in [-0.2, -0.15) is 0 Å². The van der Waals surface area contributed by atoms with Crippen LogP contribution in [0.25, 0.3) is 0 Å². The van der Waals surface area contributed by atoms with Crippen LogP contribution in [0.4, 0.5) is 0 Å². The van der Waals surface area contributed by atoms with E-state index in [2.05, 4.69) is 6.92 Å². The predicted molar refractivity (Wildman–Crippen MR) is 61.9 cm³/mol. The first-order valence-corrected chi connectivity index (χ1v) is 6.37. The van der Waals surface area contributed by atoms with E-state index in [1.165, 1.54) is 25.7 Å². The third kappa shape index (κ3) is 4.78. The molecule has 0 bridgehead atoms. The Bertz CT molecular complexity index is 189. The molecule has 1 saturated carbocycles. The SMILES string of the molecule is CCC(=O)CCCOC1CCCCC1C. The van der Waals surface area contributed by atoms with Crippen molar-refractivity contribution in [3.05, 3.63) is 0 Å². The molecule has 0 amide bonds. The summed E-state index contributed by atoms with van der Waals surface area (Å²) in [6, 6.07) is 0. The summed E-state index contributed by atoms with van der Waals surface area (Å²) in [5, 5.41) is 0. The van der Waals surface area contributed by atoms with Crippen LogP contribution in [0.1, 0.15) is 58.8 Å². The summed E-state index contributed by atoms with van der Waals surface area (Å²) in [5.74, 6) is 1.07. The van der Waals surface area contributed by atoms with Gasteiger partial charge < -0.3 is 4.74 Å². The van der Waals surface area contributed by atoms with Gasteiger partial charge in [0.2, 0.25) is 0 Å². The lowest BCUT2D eigenvalue weighted by Gasteiger charge is -2.28. The van der Waals surface area contributed by atoms with E-state index in [0.717, 1.165) is 13.0 Å². The lowest BCUT2D eigenvalue weighted by molar-refractivity contribution is -0.119. The number of ether oxygens (including phenoxy) is 1. The fourth-order valence-corrected chi connectivity index (χ4v) is 2.21. The van der Waals surface area contributed by atoms with Crippen molar-refractivity contribution in [1.82, 2.24) is 0 Å². The van der Waals surface area contributed by atoms with Gasteiger partial charge in [-0.05, 0) is 25.2 Å². The first-order chi connectivity index (χ1) is 7.24. The van der Waals surface area contributed by atoms with Crippen molar-refractivity contribution in [2.75, 3.05) is 6.61 Å². The standard InChI is InChI=1S/C13H24O2/c1-3-12(14)8-6-10-15-13-9-5-4-7-11(13)2/h11,13H,3-10H2,1-2H3. The van der Waals surface area contributed by atoms with Gasteiger partial charge in [0.25, 0.3) is 0 Å². The zero-order valence-electron chi connectivity index (χ0n) is 10.1. The molecule has 2 atom stereocenters. The number of Topliss-reactive ketones (excluding diaryl/α,β-unsaturated/α-hetero) is 1. The van der Waals surface area contributed by atoms with Crippen molar-refractivity contribution in [2.45, 2.75) is 64.9 Å². The molecular formula is C13H24O2. The van der Waals surface area contributed by atoms with Crippen molar-refractivity contribution in [2.24, 2.45) is 5.92 Å². The quantitative estimate of drug-likeness (QED) is 0.631. The van der Waals surface area contributed by atoms with Gasteiger partial charge in [0.05, 0.1) is 6.10 Å². The number of hydrogen-bond acceptors (Lipinski definition) is 2. The maximum Gasteiger partial charge on any atom is 0.132 e. The predicted octanol–water partition coefficient (Wildman–Crippen LogP) is 3.34. The van der Waals surface area contributed by atoms with Crippen molar-refractivity contribution < 1.29 is 9.53 Å². The molecule has 0 aromatic carbocycles. The minimum absolute atomic E-state index is 0.357. The van der Waals surface area contributed by atoms with E-state index in [1.54, 1.807) is 0 Å². The zero-order chi connectivity index (χ0) is 11.1. The van der Waals surface area contributed by atoms with Crippen molar-refractivity contribution in [1.29, 1.82) is 0 Å². The molecular weight excluding hydrogens is 188 g/mol. The monoisotopic (exact) mass is 212 g/mol. The van der Waals surface area contributed by atoms with Gasteiger partial charge >= 0.3 is 0 Å². The van der Waals surface area contributed by atoms with Crippen LogP contribution < -0.4 is 0 Å². The summed E-state index contributed by atoms with van der Waals surface area (Å²) in [4.78, 5) is 11.1. The Morgan fingerprint density at radius 3 is 2.73 bits per heavy atom. The number of carbonyl (C=O) groups excluding carboxylic acids is 1. The lowest BCUT2D eigenvalue weighted by atomic mass is 9.88. The Morgan fingerprint density at radius 2 is 2.07 bits per heavy atom. The molecule has 1 fully saturated rings. The highest BCUT2D eigenvalue weighted by Crippen LogP contribution is 2.26. The third-order valence-corrected chi connectivity index (χ3v) is 3.36. The van der Waals surface area contributed by atoms with Crippen LogP contribution in [0.2, 0.25) is 0 Å². The lowest BCUT2D eigenvalue weighted by Crippen LogP contribution is -2.26.